The third kappa shape index (κ3) is 4.28. The van der Waals surface area contributed by atoms with Crippen LogP contribution in [0.1, 0.15) is 10.6 Å². The van der Waals surface area contributed by atoms with Crippen LogP contribution in [0.3, 0.4) is 0 Å². The van der Waals surface area contributed by atoms with Gasteiger partial charge in [0.25, 0.3) is 11.6 Å². The molecule has 4 aromatic rings. The molecule has 0 atom stereocenters. The number of hydrogen-bond acceptors (Lipinski definition) is 6. The highest BCUT2D eigenvalue weighted by molar-refractivity contribution is 7.99. The van der Waals surface area contributed by atoms with E-state index in [1.54, 1.807) is 55.6 Å². The zero-order valence-electron chi connectivity index (χ0n) is 15.8. The molecule has 3 aromatic carbocycles. The largest absolute Gasteiger partial charge is 0.497 e. The Kier molecular flexibility index (Phi) is 5.40. The molecule has 4 rings (SSSR count). The molecule has 0 aliphatic carbocycles. The second-order valence-electron chi connectivity index (χ2n) is 6.35. The van der Waals surface area contributed by atoms with Crippen molar-refractivity contribution < 1.29 is 18.9 Å². The number of carbonyl (C=O) groups is 1. The minimum Gasteiger partial charge on any atom is -0.497 e. The number of nitro groups is 1. The number of nitrogens with one attached hydrogen (secondary N) is 1. The van der Waals surface area contributed by atoms with Gasteiger partial charge < -0.3 is 14.5 Å². The molecule has 0 saturated carbocycles. The fourth-order valence-electron chi connectivity index (χ4n) is 2.83. The minimum absolute atomic E-state index is 0.0569. The number of ether oxygens (including phenoxy) is 1. The Morgan fingerprint density at radius 1 is 1.00 bits per heavy atom. The van der Waals surface area contributed by atoms with Gasteiger partial charge in [0, 0.05) is 33.0 Å². The lowest BCUT2D eigenvalue weighted by Gasteiger charge is -2.05. The average molecular weight is 420 g/mol. The number of nitro benzene ring substituents is 1. The summed E-state index contributed by atoms with van der Waals surface area (Å²) in [7, 11) is 1.58. The number of methoxy groups -OCH3 is 1. The standard InChI is InChI=1S/C22H16N2O5S/c1-28-17-6-11-20-14(12-17)13-21(29-20)22(25)23-15-2-7-18(8-3-15)30-19-9-4-16(5-10-19)24(26)27/h2-13H,1H3,(H,23,25). The van der Waals surface area contributed by atoms with Gasteiger partial charge in [0.15, 0.2) is 5.76 Å². The van der Waals surface area contributed by atoms with Crippen LogP contribution in [0.15, 0.2) is 87.0 Å². The SMILES string of the molecule is COc1ccc2oc(C(=O)Nc3ccc(Sc4ccc([N+](=O)[O-])cc4)cc3)cc2c1. The molecule has 150 valence electrons. The van der Waals surface area contributed by atoms with E-state index < -0.39 is 4.92 Å². The molecule has 0 saturated heterocycles. The Balaban J connectivity index is 1.42. The summed E-state index contributed by atoms with van der Waals surface area (Å²) < 4.78 is 10.8. The van der Waals surface area contributed by atoms with Crippen LogP contribution in [0.5, 0.6) is 5.75 Å². The number of benzene rings is 3. The van der Waals surface area contributed by atoms with E-state index in [1.165, 1.54) is 23.9 Å². The highest BCUT2D eigenvalue weighted by Crippen LogP contribution is 2.30. The summed E-state index contributed by atoms with van der Waals surface area (Å²) >= 11 is 1.47. The maximum atomic E-state index is 12.5. The summed E-state index contributed by atoms with van der Waals surface area (Å²) in [6, 6.07) is 20.7. The van der Waals surface area contributed by atoms with E-state index in [0.717, 1.165) is 15.2 Å². The predicted molar refractivity (Wildman–Crippen MR) is 114 cm³/mol. The van der Waals surface area contributed by atoms with Crippen LogP contribution in [0.25, 0.3) is 11.0 Å². The molecule has 0 spiro atoms. The van der Waals surface area contributed by atoms with Crippen molar-refractivity contribution in [3.63, 3.8) is 0 Å². The van der Waals surface area contributed by atoms with Crippen LogP contribution < -0.4 is 10.1 Å². The summed E-state index contributed by atoms with van der Waals surface area (Å²) in [6.07, 6.45) is 0. The molecule has 1 heterocycles. The van der Waals surface area contributed by atoms with Gasteiger partial charge in [0.1, 0.15) is 11.3 Å². The Morgan fingerprint density at radius 3 is 2.30 bits per heavy atom. The van der Waals surface area contributed by atoms with Crippen LogP contribution in [0.2, 0.25) is 0 Å². The molecule has 0 bridgehead atoms. The lowest BCUT2D eigenvalue weighted by Crippen LogP contribution is -2.10. The second kappa shape index (κ2) is 8.30. The van der Waals surface area contributed by atoms with Crippen LogP contribution in [0, 0.1) is 10.1 Å². The van der Waals surface area contributed by atoms with Crippen LogP contribution in [-0.2, 0) is 0 Å². The molecule has 7 nitrogen and oxygen atoms in total. The van der Waals surface area contributed by atoms with E-state index in [0.29, 0.717) is 17.0 Å². The lowest BCUT2D eigenvalue weighted by molar-refractivity contribution is -0.384. The molecule has 0 unspecified atom stereocenters. The first kappa shape index (κ1) is 19.5. The Labute approximate surface area is 175 Å². The van der Waals surface area contributed by atoms with E-state index in [9.17, 15) is 14.9 Å². The molecular formula is C22H16N2O5S. The van der Waals surface area contributed by atoms with Crippen LogP contribution >= 0.6 is 11.8 Å². The summed E-state index contributed by atoms with van der Waals surface area (Å²) in [6.45, 7) is 0. The molecule has 8 heteroatoms. The molecule has 1 N–H and O–H groups in total. The van der Waals surface area contributed by atoms with E-state index >= 15 is 0 Å². The second-order valence-corrected chi connectivity index (χ2v) is 7.49. The average Bonchev–Trinajstić information content (AvgIpc) is 3.19. The molecule has 0 radical (unpaired) electrons. The van der Waals surface area contributed by atoms with Crippen molar-refractivity contribution in [3.05, 3.63) is 88.7 Å². The number of anilines is 1. The summed E-state index contributed by atoms with van der Waals surface area (Å²) in [5, 5.41) is 14.3. The zero-order chi connectivity index (χ0) is 21.1. The number of non-ortho nitro benzene ring substituents is 1. The number of furan rings is 1. The Bertz CT molecular complexity index is 1220. The van der Waals surface area contributed by atoms with Crippen LogP contribution in [0.4, 0.5) is 11.4 Å². The van der Waals surface area contributed by atoms with E-state index in [-0.39, 0.29) is 17.4 Å². The summed E-state index contributed by atoms with van der Waals surface area (Å²) in [5.41, 5.74) is 1.29. The first-order valence-electron chi connectivity index (χ1n) is 8.93. The molecule has 1 aromatic heterocycles. The van der Waals surface area contributed by atoms with Gasteiger partial charge in [-0.3, -0.25) is 14.9 Å². The Morgan fingerprint density at radius 2 is 1.67 bits per heavy atom. The number of carbonyl (C=O) groups excluding carboxylic acids is 1. The highest BCUT2D eigenvalue weighted by atomic mass is 32.2. The van der Waals surface area contributed by atoms with Crippen LogP contribution in [-0.4, -0.2) is 17.9 Å². The van der Waals surface area contributed by atoms with Gasteiger partial charge in [-0.15, -0.1) is 0 Å². The van der Waals surface area contributed by atoms with E-state index in [4.69, 9.17) is 9.15 Å². The van der Waals surface area contributed by atoms with Crippen molar-refractivity contribution in [2.45, 2.75) is 9.79 Å². The number of hydrogen-bond donors (Lipinski definition) is 1. The lowest BCUT2D eigenvalue weighted by atomic mass is 10.2. The van der Waals surface area contributed by atoms with Crippen molar-refractivity contribution in [2.24, 2.45) is 0 Å². The van der Waals surface area contributed by atoms with Gasteiger partial charge in [-0.05, 0) is 60.7 Å². The highest BCUT2D eigenvalue weighted by Gasteiger charge is 2.13. The first-order valence-corrected chi connectivity index (χ1v) is 9.75. The zero-order valence-corrected chi connectivity index (χ0v) is 16.6. The fourth-order valence-corrected chi connectivity index (χ4v) is 3.65. The third-order valence-electron chi connectivity index (χ3n) is 4.34. The maximum absolute atomic E-state index is 12.5. The van der Waals surface area contributed by atoms with Crippen molar-refractivity contribution in [3.8, 4) is 5.75 Å². The van der Waals surface area contributed by atoms with Gasteiger partial charge in [-0.2, -0.15) is 0 Å². The topological polar surface area (TPSA) is 94.6 Å². The number of amides is 1. The normalized spacial score (nSPS) is 10.7. The molecular weight excluding hydrogens is 404 g/mol. The van der Waals surface area contributed by atoms with Gasteiger partial charge >= 0.3 is 0 Å². The molecule has 0 aliphatic rings. The van der Waals surface area contributed by atoms with Gasteiger partial charge in [-0.1, -0.05) is 11.8 Å². The molecule has 1 amide bonds. The van der Waals surface area contributed by atoms with Gasteiger partial charge in [0.2, 0.25) is 0 Å². The Hall–Kier alpha value is -3.78. The van der Waals surface area contributed by atoms with Gasteiger partial charge in [0.05, 0.1) is 12.0 Å². The summed E-state index contributed by atoms with van der Waals surface area (Å²) in [5.74, 6) is 0.555. The number of fused-ring (bicyclic) bond motifs is 1. The van der Waals surface area contributed by atoms with Crippen molar-refractivity contribution >= 4 is 40.0 Å². The first-order chi connectivity index (χ1) is 14.5. The number of nitrogens with zero attached hydrogens (tertiary/aromatic N) is 1. The minimum atomic E-state index is -0.426. The third-order valence-corrected chi connectivity index (χ3v) is 5.36. The van der Waals surface area contributed by atoms with E-state index in [1.807, 2.05) is 12.1 Å². The molecule has 30 heavy (non-hydrogen) atoms. The van der Waals surface area contributed by atoms with E-state index in [2.05, 4.69) is 5.32 Å². The predicted octanol–water partition coefficient (Wildman–Crippen LogP) is 5.75. The molecule has 0 aliphatic heterocycles. The summed E-state index contributed by atoms with van der Waals surface area (Å²) in [4.78, 5) is 24.6. The van der Waals surface area contributed by atoms with Crippen molar-refractivity contribution in [1.29, 1.82) is 0 Å². The monoisotopic (exact) mass is 420 g/mol. The maximum Gasteiger partial charge on any atom is 0.291 e. The smallest absolute Gasteiger partial charge is 0.291 e. The van der Waals surface area contributed by atoms with Crippen molar-refractivity contribution in [1.82, 2.24) is 0 Å². The quantitative estimate of drug-likeness (QED) is 0.315. The number of rotatable bonds is 6. The van der Waals surface area contributed by atoms with Gasteiger partial charge in [-0.25, -0.2) is 0 Å². The molecule has 0 fully saturated rings. The van der Waals surface area contributed by atoms with Crippen molar-refractivity contribution in [2.75, 3.05) is 12.4 Å². The fraction of sp³-hybridized carbons (Fsp3) is 0.0455.